The van der Waals surface area contributed by atoms with Crippen LogP contribution >= 0.6 is 0 Å². The van der Waals surface area contributed by atoms with Crippen LogP contribution < -0.4 is 4.72 Å². The lowest BCUT2D eigenvalue weighted by Crippen LogP contribution is -2.13. The van der Waals surface area contributed by atoms with Crippen LogP contribution in [0.15, 0.2) is 41.4 Å². The average Bonchev–Trinajstić information content (AvgIpc) is 2.42. The maximum absolute atomic E-state index is 12.8. The Morgan fingerprint density at radius 2 is 2.00 bits per heavy atom. The number of hydrogen-bond acceptors (Lipinski definition) is 6. The Balaban J connectivity index is 2.31. The first-order chi connectivity index (χ1) is 9.79. The number of nitrogens with one attached hydrogen (secondary N) is 1. The van der Waals surface area contributed by atoms with E-state index in [9.17, 15) is 28.0 Å². The predicted octanol–water partition coefficient (Wildman–Crippen LogP) is 1.64. The minimum absolute atomic E-state index is 0.227. The second-order valence-electron chi connectivity index (χ2n) is 3.88. The van der Waals surface area contributed by atoms with E-state index in [4.69, 9.17) is 0 Å². The monoisotopic (exact) mass is 313 g/mol. The molecule has 2 N–H and O–H groups in total. The Labute approximate surface area is 118 Å². The fourth-order valence-electron chi connectivity index (χ4n) is 1.43. The molecule has 2 rings (SSSR count). The highest BCUT2D eigenvalue weighted by Gasteiger charge is 2.19. The zero-order valence-corrected chi connectivity index (χ0v) is 11.0. The lowest BCUT2D eigenvalue weighted by Gasteiger charge is -2.08. The molecule has 0 saturated carbocycles. The summed E-state index contributed by atoms with van der Waals surface area (Å²) in [7, 11) is -4.11. The average molecular weight is 313 g/mol. The molecule has 0 unspecified atom stereocenters. The topological polar surface area (TPSA) is 122 Å². The largest absolute Gasteiger partial charge is 0.506 e. The predicted molar refractivity (Wildman–Crippen MR) is 69.8 cm³/mol. The van der Waals surface area contributed by atoms with E-state index in [-0.39, 0.29) is 10.6 Å². The minimum Gasteiger partial charge on any atom is -0.506 e. The highest BCUT2D eigenvalue weighted by Crippen LogP contribution is 2.26. The van der Waals surface area contributed by atoms with E-state index < -0.39 is 32.3 Å². The Morgan fingerprint density at radius 1 is 1.29 bits per heavy atom. The number of anilines is 1. The van der Waals surface area contributed by atoms with Gasteiger partial charge in [-0.2, -0.15) is 0 Å². The van der Waals surface area contributed by atoms with E-state index in [1.165, 1.54) is 0 Å². The summed E-state index contributed by atoms with van der Waals surface area (Å²) in [4.78, 5) is 12.7. The molecule has 0 aliphatic carbocycles. The van der Waals surface area contributed by atoms with E-state index >= 15 is 0 Å². The van der Waals surface area contributed by atoms with Gasteiger partial charge in [0.1, 0.15) is 16.5 Å². The molecule has 110 valence electrons. The van der Waals surface area contributed by atoms with Crippen LogP contribution in [-0.4, -0.2) is 23.4 Å². The summed E-state index contributed by atoms with van der Waals surface area (Å²) >= 11 is 0. The van der Waals surface area contributed by atoms with E-state index in [0.717, 1.165) is 36.5 Å². The number of phenols is 1. The Morgan fingerprint density at radius 3 is 2.52 bits per heavy atom. The molecule has 1 aromatic carbocycles. The zero-order chi connectivity index (χ0) is 15.6. The van der Waals surface area contributed by atoms with Crippen molar-refractivity contribution < 1.29 is 22.8 Å². The van der Waals surface area contributed by atoms with Crippen LogP contribution in [0.25, 0.3) is 0 Å². The highest BCUT2D eigenvalue weighted by molar-refractivity contribution is 7.92. The molecule has 0 amide bonds. The lowest BCUT2D eigenvalue weighted by atomic mass is 10.3. The van der Waals surface area contributed by atoms with Gasteiger partial charge in [-0.3, -0.25) is 4.72 Å². The molecule has 0 atom stereocenters. The standard InChI is InChI=1S/C11H8FN3O5S/c12-7-1-3-9(10(16)5-7)14-21(19,20)8-2-4-11(13-6-8)15(17)18/h1-6,14,16H. The van der Waals surface area contributed by atoms with Gasteiger partial charge in [-0.15, -0.1) is 0 Å². The van der Waals surface area contributed by atoms with Crippen molar-refractivity contribution in [2.75, 3.05) is 4.72 Å². The van der Waals surface area contributed by atoms with Gasteiger partial charge in [-0.05, 0) is 28.1 Å². The highest BCUT2D eigenvalue weighted by atomic mass is 32.2. The van der Waals surface area contributed by atoms with Crippen LogP contribution in [0.5, 0.6) is 5.75 Å². The van der Waals surface area contributed by atoms with Gasteiger partial charge in [0.05, 0.1) is 5.69 Å². The molecular weight excluding hydrogens is 305 g/mol. The third-order valence-corrected chi connectivity index (χ3v) is 3.77. The van der Waals surface area contributed by atoms with Crippen molar-refractivity contribution in [2.45, 2.75) is 4.90 Å². The van der Waals surface area contributed by atoms with Crippen LogP contribution in [0, 0.1) is 15.9 Å². The molecule has 0 radical (unpaired) electrons. The number of aromatic hydroxyl groups is 1. The Hall–Kier alpha value is -2.75. The third kappa shape index (κ3) is 3.23. The number of sulfonamides is 1. The molecule has 1 heterocycles. The third-order valence-electron chi connectivity index (χ3n) is 2.42. The summed E-state index contributed by atoms with van der Waals surface area (Å²) in [6, 6.07) is 4.67. The van der Waals surface area contributed by atoms with Crippen molar-refractivity contribution in [3.63, 3.8) is 0 Å². The SMILES string of the molecule is O=[N+]([O-])c1ccc(S(=O)(=O)Nc2ccc(F)cc2O)cn1. The van der Waals surface area contributed by atoms with E-state index in [1.54, 1.807) is 0 Å². The second-order valence-corrected chi connectivity index (χ2v) is 5.56. The molecule has 0 bridgehead atoms. The molecule has 8 nitrogen and oxygen atoms in total. The van der Waals surface area contributed by atoms with Crippen molar-refractivity contribution in [2.24, 2.45) is 0 Å². The van der Waals surface area contributed by atoms with Crippen molar-refractivity contribution in [3.8, 4) is 5.75 Å². The van der Waals surface area contributed by atoms with Crippen molar-refractivity contribution >= 4 is 21.5 Å². The fourth-order valence-corrected chi connectivity index (χ4v) is 2.45. The molecule has 0 spiro atoms. The summed E-state index contributed by atoms with van der Waals surface area (Å²) in [6.07, 6.45) is 0.807. The molecule has 0 saturated heterocycles. The molecule has 0 fully saturated rings. The number of nitro groups is 1. The number of aromatic nitrogens is 1. The summed E-state index contributed by atoms with van der Waals surface area (Å²) < 4.78 is 38.8. The van der Waals surface area contributed by atoms with Crippen LogP contribution in [0.1, 0.15) is 0 Å². The molecule has 21 heavy (non-hydrogen) atoms. The van der Waals surface area contributed by atoms with Gasteiger partial charge in [0.2, 0.25) is 0 Å². The number of hydrogen-bond donors (Lipinski definition) is 2. The zero-order valence-electron chi connectivity index (χ0n) is 10.2. The summed E-state index contributed by atoms with van der Waals surface area (Å²) in [5.41, 5.74) is -0.227. The summed E-state index contributed by atoms with van der Waals surface area (Å²) in [5.74, 6) is -1.82. The van der Waals surface area contributed by atoms with Gasteiger partial charge in [-0.25, -0.2) is 12.8 Å². The second kappa shape index (κ2) is 5.32. The normalized spacial score (nSPS) is 11.1. The molecule has 1 aromatic heterocycles. The number of phenolic OH excluding ortho intramolecular Hbond substituents is 1. The Bertz CT molecular complexity index is 792. The van der Waals surface area contributed by atoms with E-state index in [2.05, 4.69) is 4.98 Å². The van der Waals surface area contributed by atoms with Crippen molar-refractivity contribution in [1.82, 2.24) is 4.98 Å². The molecular formula is C11H8FN3O5S. The van der Waals surface area contributed by atoms with Crippen LogP contribution in [-0.2, 0) is 10.0 Å². The molecule has 0 aliphatic heterocycles. The number of pyridine rings is 1. The van der Waals surface area contributed by atoms with Crippen LogP contribution in [0.4, 0.5) is 15.9 Å². The lowest BCUT2D eigenvalue weighted by molar-refractivity contribution is -0.389. The smallest absolute Gasteiger partial charge is 0.363 e. The van der Waals surface area contributed by atoms with Crippen LogP contribution in [0.3, 0.4) is 0 Å². The number of halogens is 1. The Kier molecular flexibility index (Phi) is 3.72. The van der Waals surface area contributed by atoms with Gasteiger partial charge in [-0.1, -0.05) is 0 Å². The van der Waals surface area contributed by atoms with Gasteiger partial charge >= 0.3 is 5.82 Å². The quantitative estimate of drug-likeness (QED) is 0.502. The van der Waals surface area contributed by atoms with E-state index in [0.29, 0.717) is 0 Å². The van der Waals surface area contributed by atoms with Gasteiger partial charge in [0.15, 0.2) is 6.20 Å². The van der Waals surface area contributed by atoms with Crippen LogP contribution in [0.2, 0.25) is 0 Å². The maximum Gasteiger partial charge on any atom is 0.363 e. The minimum atomic E-state index is -4.11. The number of rotatable bonds is 4. The first kappa shape index (κ1) is 14.7. The van der Waals surface area contributed by atoms with Gasteiger partial charge in [0.25, 0.3) is 10.0 Å². The molecule has 10 heteroatoms. The first-order valence-electron chi connectivity index (χ1n) is 5.41. The van der Waals surface area contributed by atoms with E-state index in [1.807, 2.05) is 4.72 Å². The summed E-state index contributed by atoms with van der Waals surface area (Å²) in [5, 5.41) is 19.9. The number of nitrogens with zero attached hydrogens (tertiary/aromatic N) is 2. The van der Waals surface area contributed by atoms with Gasteiger partial charge in [0, 0.05) is 12.1 Å². The molecule has 2 aromatic rings. The first-order valence-corrected chi connectivity index (χ1v) is 6.90. The summed E-state index contributed by atoms with van der Waals surface area (Å²) in [6.45, 7) is 0. The van der Waals surface area contributed by atoms with Gasteiger partial charge < -0.3 is 15.2 Å². The maximum atomic E-state index is 12.8. The molecule has 0 aliphatic rings. The van der Waals surface area contributed by atoms with Crippen molar-refractivity contribution in [1.29, 1.82) is 0 Å². The van der Waals surface area contributed by atoms with Crippen molar-refractivity contribution in [3.05, 3.63) is 52.5 Å². The fraction of sp³-hybridized carbons (Fsp3) is 0. The number of benzene rings is 1.